The second-order valence-electron chi connectivity index (χ2n) is 15.7. The first kappa shape index (κ1) is 50.8. The quantitative estimate of drug-likeness (QED) is 0.0164. The minimum atomic E-state index is -4.37. The van der Waals surface area contributed by atoms with E-state index in [4.69, 9.17) is 18.5 Å². The molecule has 0 aromatic heterocycles. The summed E-state index contributed by atoms with van der Waals surface area (Å²) in [5.74, 6) is -0.801. The smallest absolute Gasteiger partial charge is 0.462 e. The third kappa shape index (κ3) is 38.5. The third-order valence-corrected chi connectivity index (χ3v) is 10.3. The molecule has 0 aliphatic heterocycles. The van der Waals surface area contributed by atoms with E-state index in [0.717, 1.165) is 51.4 Å². The molecule has 0 aromatic carbocycles. The lowest BCUT2D eigenvalue weighted by atomic mass is 10.0. The third-order valence-electron chi connectivity index (χ3n) is 9.30. The Morgan fingerprint density at radius 1 is 0.577 bits per heavy atom. The molecule has 2 atom stereocenters. The number of nitrogens with zero attached hydrogens (tertiary/aromatic N) is 1. The Hall–Kier alpha value is -1.25. The van der Waals surface area contributed by atoms with Crippen LogP contribution in [0.1, 0.15) is 194 Å². The van der Waals surface area contributed by atoms with E-state index < -0.39 is 26.5 Å². The van der Waals surface area contributed by atoms with Crippen molar-refractivity contribution in [1.82, 2.24) is 0 Å². The zero-order chi connectivity index (χ0) is 38.6. The van der Waals surface area contributed by atoms with Gasteiger partial charge in [0.1, 0.15) is 19.8 Å². The minimum absolute atomic E-state index is 0.0331. The van der Waals surface area contributed by atoms with Crippen LogP contribution < -0.4 is 0 Å². The average Bonchev–Trinajstić information content (AvgIpc) is 3.09. The van der Waals surface area contributed by atoms with E-state index in [2.05, 4.69) is 26.0 Å². The highest BCUT2D eigenvalue weighted by Crippen LogP contribution is 2.43. The van der Waals surface area contributed by atoms with Crippen molar-refractivity contribution < 1.29 is 42.1 Å². The number of allylic oxidation sites excluding steroid dienone is 2. The fraction of sp³-hybridized carbons (Fsp3) is 0.905. The minimum Gasteiger partial charge on any atom is -0.462 e. The van der Waals surface area contributed by atoms with Gasteiger partial charge in [0, 0.05) is 12.8 Å². The number of hydrogen-bond acceptors (Lipinski definition) is 7. The van der Waals surface area contributed by atoms with Gasteiger partial charge in [-0.3, -0.25) is 18.6 Å². The van der Waals surface area contributed by atoms with Gasteiger partial charge in [-0.2, -0.15) is 0 Å². The van der Waals surface area contributed by atoms with Crippen LogP contribution in [-0.2, 0) is 32.7 Å². The number of phosphoric ester groups is 1. The van der Waals surface area contributed by atoms with Gasteiger partial charge in [-0.25, -0.2) is 4.57 Å². The lowest BCUT2D eigenvalue weighted by molar-refractivity contribution is -0.870. The molecule has 0 aromatic rings. The number of rotatable bonds is 39. The summed E-state index contributed by atoms with van der Waals surface area (Å²) in [7, 11) is 1.48. The molecule has 0 saturated carbocycles. The fourth-order valence-electron chi connectivity index (χ4n) is 5.89. The Balaban J connectivity index is 4.37. The van der Waals surface area contributed by atoms with Gasteiger partial charge >= 0.3 is 19.8 Å². The van der Waals surface area contributed by atoms with Crippen LogP contribution in [0.15, 0.2) is 12.2 Å². The summed E-state index contributed by atoms with van der Waals surface area (Å²) in [4.78, 5) is 35.3. The summed E-state index contributed by atoms with van der Waals surface area (Å²) in [6, 6.07) is 0. The molecule has 0 amide bonds. The standard InChI is InChI=1S/C42H82NO8P/c1-6-8-10-12-14-16-18-20-21-23-25-27-29-31-33-35-42(45)51-40(39-50-52(46,47)49-37-36-43(3,4)5)38-48-41(44)34-32-30-28-26-24-22-19-17-15-13-11-9-7-2/h20-21,40H,6-19,22-39H2,1-5H3/p+1/b21-20-/t40-/m1/s1/i1+1,6+1,8+1,10+1,12+1,14+1,16+1,18+1,20+1,21+1,23+1,25+1,27+1,29+1,31+1,33+1,35+1,42+1. The number of carbonyl (C=O) groups excluding carboxylic acids is 2. The molecule has 1 unspecified atom stereocenters. The number of phosphoric acid groups is 1. The van der Waals surface area contributed by atoms with E-state index in [1.807, 2.05) is 21.1 Å². The molecule has 0 spiro atoms. The summed E-state index contributed by atoms with van der Waals surface area (Å²) < 4.78 is 34.3. The molecule has 0 rings (SSSR count). The van der Waals surface area contributed by atoms with Crippen molar-refractivity contribution in [2.24, 2.45) is 0 Å². The van der Waals surface area contributed by atoms with Crippen molar-refractivity contribution in [2.45, 2.75) is 200 Å². The van der Waals surface area contributed by atoms with E-state index in [9.17, 15) is 19.0 Å². The monoisotopic (exact) mass is 779 g/mol. The highest BCUT2D eigenvalue weighted by molar-refractivity contribution is 7.47. The zero-order valence-corrected chi connectivity index (χ0v) is 35.5. The van der Waals surface area contributed by atoms with Crippen molar-refractivity contribution >= 4 is 19.8 Å². The molecule has 0 fully saturated rings. The van der Waals surface area contributed by atoms with Crippen LogP contribution in [0, 0.1) is 0 Å². The highest BCUT2D eigenvalue weighted by Gasteiger charge is 2.27. The van der Waals surface area contributed by atoms with Gasteiger partial charge in [0.2, 0.25) is 0 Å². The van der Waals surface area contributed by atoms with Gasteiger partial charge in [0.05, 0.1) is 27.7 Å². The van der Waals surface area contributed by atoms with Crippen LogP contribution in [-0.4, -0.2) is 74.9 Å². The first-order valence-corrected chi connectivity index (χ1v) is 22.9. The highest BCUT2D eigenvalue weighted by atomic mass is 31.2. The summed E-state index contributed by atoms with van der Waals surface area (Å²) in [6.07, 6.45) is 35.3. The first-order valence-electron chi connectivity index (χ1n) is 21.4. The molecule has 0 aliphatic carbocycles. The van der Waals surface area contributed by atoms with Crippen LogP contribution in [0.5, 0.6) is 0 Å². The second-order valence-corrected chi connectivity index (χ2v) is 17.2. The number of esters is 2. The Bertz CT molecular complexity index is 907. The summed E-state index contributed by atoms with van der Waals surface area (Å²) in [6.45, 7) is 4.42. The van der Waals surface area contributed by atoms with Crippen LogP contribution in [0.3, 0.4) is 0 Å². The van der Waals surface area contributed by atoms with Gasteiger partial charge in [0.15, 0.2) is 6.10 Å². The number of hydrogen-bond donors (Lipinski definition) is 1. The maximum absolute atomic E-state index is 12.7. The van der Waals surface area contributed by atoms with Gasteiger partial charge in [-0.15, -0.1) is 0 Å². The maximum atomic E-state index is 12.7. The van der Waals surface area contributed by atoms with Gasteiger partial charge in [-0.05, 0) is 38.5 Å². The van der Waals surface area contributed by atoms with Gasteiger partial charge < -0.3 is 18.9 Å². The SMILES string of the molecule is CCCCCCCCCCCCCCCC(=O)OC[C@H](COP(=O)(O)OCC[N+](C)(C)C)O[13C](=O)[13CH2][13CH2][13CH2][13CH2][13CH2][13CH2][13CH2]/[13CH]=[13CH]\[13CH2][13CH2][13CH2][13CH2][13CH2][13CH2][13CH2][13CH3]. The van der Waals surface area contributed by atoms with Crippen molar-refractivity contribution in [1.29, 1.82) is 0 Å². The lowest BCUT2D eigenvalue weighted by Crippen LogP contribution is -2.37. The van der Waals surface area contributed by atoms with Crippen LogP contribution in [0.2, 0.25) is 0 Å². The number of unbranched alkanes of at least 4 members (excludes halogenated alkanes) is 23. The molecule has 308 valence electrons. The van der Waals surface area contributed by atoms with Gasteiger partial charge in [-0.1, -0.05) is 154 Å². The van der Waals surface area contributed by atoms with Crippen molar-refractivity contribution in [3.63, 3.8) is 0 Å². The van der Waals surface area contributed by atoms with Gasteiger partial charge in [0.25, 0.3) is 0 Å². The molecule has 0 heterocycles. The van der Waals surface area contributed by atoms with Crippen LogP contribution in [0.4, 0.5) is 0 Å². The predicted octanol–water partition coefficient (Wildman–Crippen LogP) is 11.8. The molecule has 1 N–H and O–H groups in total. The van der Waals surface area contributed by atoms with Crippen LogP contribution in [0.25, 0.3) is 0 Å². The first-order chi connectivity index (χ1) is 25.0. The van der Waals surface area contributed by atoms with E-state index in [1.54, 1.807) is 0 Å². The lowest BCUT2D eigenvalue weighted by Gasteiger charge is -2.24. The Morgan fingerprint density at radius 2 is 0.981 bits per heavy atom. The number of ether oxygens (including phenoxy) is 2. The topological polar surface area (TPSA) is 108 Å². The molecule has 10 heteroatoms. The number of quaternary nitrogens is 1. The zero-order valence-electron chi connectivity index (χ0n) is 34.6. The Kier molecular flexibility index (Phi) is 34.6. The maximum Gasteiger partial charge on any atom is 0.472 e. The molecular weight excluding hydrogens is 695 g/mol. The molecule has 0 aliphatic rings. The van der Waals surface area contributed by atoms with E-state index in [-0.39, 0.29) is 25.6 Å². The summed E-state index contributed by atoms with van der Waals surface area (Å²) in [5, 5.41) is 0. The molecule has 52 heavy (non-hydrogen) atoms. The number of likely N-dealkylation sites (N-methyl/N-ethyl adjacent to an activating group) is 1. The normalized spacial score (nSPS) is 13.7. The molecule has 0 saturated heterocycles. The molecule has 0 radical (unpaired) electrons. The summed E-state index contributed by atoms with van der Waals surface area (Å²) in [5.41, 5.74) is 0. The fourth-order valence-corrected chi connectivity index (χ4v) is 6.63. The van der Waals surface area contributed by atoms with E-state index in [0.29, 0.717) is 23.9 Å². The van der Waals surface area contributed by atoms with E-state index in [1.165, 1.54) is 109 Å². The molecule has 0 bridgehead atoms. The van der Waals surface area contributed by atoms with E-state index >= 15 is 0 Å². The Morgan fingerprint density at radius 3 is 1.42 bits per heavy atom. The van der Waals surface area contributed by atoms with Crippen molar-refractivity contribution in [3.05, 3.63) is 12.2 Å². The molecular formula is C42H83NO8P+. The van der Waals surface area contributed by atoms with Crippen molar-refractivity contribution in [3.8, 4) is 0 Å². The van der Waals surface area contributed by atoms with Crippen LogP contribution >= 0.6 is 7.82 Å². The van der Waals surface area contributed by atoms with Crippen molar-refractivity contribution in [2.75, 3.05) is 47.5 Å². The second kappa shape index (κ2) is 35.5. The average molecular weight is 779 g/mol. The summed E-state index contributed by atoms with van der Waals surface area (Å²) >= 11 is 0. The predicted molar refractivity (Wildman–Crippen MR) is 215 cm³/mol. The Labute approximate surface area is 320 Å². The number of carbonyl (C=O) groups is 2. The molecule has 9 nitrogen and oxygen atoms in total. The largest absolute Gasteiger partial charge is 0.472 e.